The van der Waals surface area contributed by atoms with Crippen LogP contribution < -0.4 is 0 Å². The molecule has 0 amide bonds. The van der Waals surface area contributed by atoms with Gasteiger partial charge in [0.15, 0.2) is 0 Å². The third kappa shape index (κ3) is 3.64. The number of aryl methyl sites for hydroxylation is 2. The van der Waals surface area contributed by atoms with Crippen LogP contribution in [0, 0.1) is 6.92 Å². The third-order valence-electron chi connectivity index (χ3n) is 2.96. The van der Waals surface area contributed by atoms with Crippen molar-refractivity contribution in [2.45, 2.75) is 39.3 Å². The van der Waals surface area contributed by atoms with Crippen LogP contribution >= 0.6 is 15.9 Å². The zero-order valence-corrected chi connectivity index (χ0v) is 12.8. The maximum atomic E-state index is 10.3. The minimum Gasteiger partial charge on any atom is -0.388 e. The summed E-state index contributed by atoms with van der Waals surface area (Å²) < 4.78 is 2.84. The van der Waals surface area contributed by atoms with Gasteiger partial charge in [0.25, 0.3) is 0 Å². The first-order valence-electron chi connectivity index (χ1n) is 6.42. The van der Waals surface area contributed by atoms with Crippen LogP contribution in [-0.2, 0) is 13.0 Å². The Morgan fingerprint density at radius 3 is 2.84 bits per heavy atom. The fourth-order valence-electron chi connectivity index (χ4n) is 2.09. The van der Waals surface area contributed by atoms with Crippen molar-refractivity contribution in [3.63, 3.8) is 0 Å². The first-order chi connectivity index (χ1) is 9.10. The fraction of sp³-hybridized carbons (Fsp3) is 0.429. The Kier molecular flexibility index (Phi) is 4.71. The molecule has 0 aliphatic heterocycles. The molecule has 0 aliphatic carbocycles. The van der Waals surface area contributed by atoms with Gasteiger partial charge in [0.05, 0.1) is 6.10 Å². The predicted molar refractivity (Wildman–Crippen MR) is 77.9 cm³/mol. The van der Waals surface area contributed by atoms with Gasteiger partial charge in [-0.1, -0.05) is 28.9 Å². The molecule has 1 aromatic heterocycles. The zero-order valence-electron chi connectivity index (χ0n) is 11.2. The molecule has 2 aromatic rings. The van der Waals surface area contributed by atoms with E-state index in [2.05, 4.69) is 32.9 Å². The molecule has 0 saturated carbocycles. The molecule has 0 saturated heterocycles. The van der Waals surface area contributed by atoms with Gasteiger partial charge < -0.3 is 5.11 Å². The van der Waals surface area contributed by atoms with Crippen LogP contribution in [0.25, 0.3) is 0 Å². The van der Waals surface area contributed by atoms with Gasteiger partial charge in [0.2, 0.25) is 0 Å². The molecule has 19 heavy (non-hydrogen) atoms. The van der Waals surface area contributed by atoms with Gasteiger partial charge in [-0.3, -0.25) is 4.68 Å². The summed E-state index contributed by atoms with van der Waals surface area (Å²) in [6.07, 6.45) is 2.47. The van der Waals surface area contributed by atoms with Crippen molar-refractivity contribution in [3.8, 4) is 0 Å². The highest BCUT2D eigenvalue weighted by molar-refractivity contribution is 9.10. The predicted octanol–water partition coefficient (Wildman–Crippen LogP) is 3.04. The van der Waals surface area contributed by atoms with E-state index in [1.54, 1.807) is 6.33 Å². The van der Waals surface area contributed by atoms with Crippen molar-refractivity contribution in [2.24, 2.45) is 0 Å². The highest BCUT2D eigenvalue weighted by Gasteiger charge is 2.13. The van der Waals surface area contributed by atoms with Crippen molar-refractivity contribution in [3.05, 3.63) is 46.0 Å². The van der Waals surface area contributed by atoms with Crippen molar-refractivity contribution >= 4 is 15.9 Å². The number of aromatic nitrogens is 3. The van der Waals surface area contributed by atoms with E-state index in [9.17, 15) is 5.11 Å². The van der Waals surface area contributed by atoms with Crippen LogP contribution in [0.1, 0.15) is 36.4 Å². The topological polar surface area (TPSA) is 50.9 Å². The Morgan fingerprint density at radius 2 is 2.16 bits per heavy atom. The first-order valence-corrected chi connectivity index (χ1v) is 7.21. The number of rotatable bonds is 5. The van der Waals surface area contributed by atoms with Gasteiger partial charge >= 0.3 is 0 Å². The van der Waals surface area contributed by atoms with E-state index in [4.69, 9.17) is 0 Å². The molecule has 1 unspecified atom stereocenters. The molecule has 1 aromatic carbocycles. The lowest BCUT2D eigenvalue weighted by Gasteiger charge is -2.12. The Labute approximate surface area is 121 Å². The minimum atomic E-state index is -0.559. The van der Waals surface area contributed by atoms with Gasteiger partial charge in [-0.25, -0.2) is 4.98 Å². The average molecular weight is 324 g/mol. The molecule has 0 bridgehead atoms. The normalized spacial score (nSPS) is 12.6. The van der Waals surface area contributed by atoms with Crippen LogP contribution in [0.5, 0.6) is 0 Å². The molecule has 1 N–H and O–H groups in total. The van der Waals surface area contributed by atoms with Crippen LogP contribution in [-0.4, -0.2) is 19.9 Å². The summed E-state index contributed by atoms with van der Waals surface area (Å²) in [5, 5.41) is 14.5. The van der Waals surface area contributed by atoms with Crippen molar-refractivity contribution in [1.82, 2.24) is 14.8 Å². The standard InChI is InChI=1S/C14H18BrN3O/c1-3-4-18-14(16-9-17-18)8-13(19)11-5-10(2)6-12(15)7-11/h5-7,9,13,19H,3-4,8H2,1-2H3. The van der Waals surface area contributed by atoms with E-state index < -0.39 is 6.10 Å². The van der Waals surface area contributed by atoms with E-state index in [1.165, 1.54) is 0 Å². The molecule has 102 valence electrons. The third-order valence-corrected chi connectivity index (χ3v) is 3.41. The molecule has 1 atom stereocenters. The molecule has 0 aliphatic rings. The summed E-state index contributed by atoms with van der Waals surface area (Å²) in [6.45, 7) is 4.94. The van der Waals surface area contributed by atoms with Crippen molar-refractivity contribution < 1.29 is 5.11 Å². The van der Waals surface area contributed by atoms with E-state index in [0.717, 1.165) is 34.4 Å². The molecule has 1 heterocycles. The Morgan fingerprint density at radius 1 is 1.37 bits per heavy atom. The highest BCUT2D eigenvalue weighted by atomic mass is 79.9. The summed E-state index contributed by atoms with van der Waals surface area (Å²) in [5.74, 6) is 0.826. The number of aliphatic hydroxyl groups excluding tert-OH is 1. The number of hydrogen-bond acceptors (Lipinski definition) is 3. The molecule has 0 spiro atoms. The maximum absolute atomic E-state index is 10.3. The van der Waals surface area contributed by atoms with Gasteiger partial charge in [0.1, 0.15) is 12.2 Å². The Hall–Kier alpha value is -1.20. The van der Waals surface area contributed by atoms with Gasteiger partial charge in [-0.05, 0) is 36.6 Å². The lowest BCUT2D eigenvalue weighted by Crippen LogP contribution is -2.10. The van der Waals surface area contributed by atoms with Crippen LogP contribution in [0.2, 0.25) is 0 Å². The molecular formula is C14H18BrN3O. The summed E-state index contributed by atoms with van der Waals surface area (Å²) in [4.78, 5) is 4.23. The average Bonchev–Trinajstić information content (AvgIpc) is 2.76. The zero-order chi connectivity index (χ0) is 13.8. The van der Waals surface area contributed by atoms with E-state index in [-0.39, 0.29) is 0 Å². The van der Waals surface area contributed by atoms with Crippen molar-refractivity contribution in [2.75, 3.05) is 0 Å². The summed E-state index contributed by atoms with van der Waals surface area (Å²) in [7, 11) is 0. The second kappa shape index (κ2) is 6.30. The van der Waals surface area contributed by atoms with Crippen LogP contribution in [0.4, 0.5) is 0 Å². The number of halogens is 1. The van der Waals surface area contributed by atoms with Crippen molar-refractivity contribution in [1.29, 1.82) is 0 Å². The molecule has 0 fully saturated rings. The molecule has 0 radical (unpaired) electrons. The number of nitrogens with zero attached hydrogens (tertiary/aromatic N) is 3. The molecule has 2 rings (SSSR count). The molecule has 4 nitrogen and oxygen atoms in total. The fourth-order valence-corrected chi connectivity index (χ4v) is 2.72. The maximum Gasteiger partial charge on any atom is 0.138 e. The van der Waals surface area contributed by atoms with E-state index in [0.29, 0.717) is 6.42 Å². The summed E-state index contributed by atoms with van der Waals surface area (Å²) in [6, 6.07) is 5.96. The molecular weight excluding hydrogens is 306 g/mol. The van der Waals surface area contributed by atoms with Gasteiger partial charge in [0, 0.05) is 17.4 Å². The van der Waals surface area contributed by atoms with Crippen LogP contribution in [0.3, 0.4) is 0 Å². The largest absolute Gasteiger partial charge is 0.388 e. The Balaban J connectivity index is 2.15. The SMILES string of the molecule is CCCn1ncnc1CC(O)c1cc(C)cc(Br)c1. The quantitative estimate of drug-likeness (QED) is 0.920. The Bertz CT molecular complexity index is 533. The van der Waals surface area contributed by atoms with Gasteiger partial charge in [-0.15, -0.1) is 0 Å². The second-order valence-corrected chi connectivity index (χ2v) is 5.60. The lowest BCUT2D eigenvalue weighted by atomic mass is 10.0. The van der Waals surface area contributed by atoms with Gasteiger partial charge in [-0.2, -0.15) is 5.10 Å². The summed E-state index contributed by atoms with van der Waals surface area (Å²) in [5.41, 5.74) is 2.02. The first kappa shape index (κ1) is 14.2. The lowest BCUT2D eigenvalue weighted by molar-refractivity contribution is 0.173. The second-order valence-electron chi connectivity index (χ2n) is 4.68. The molecule has 5 heteroatoms. The smallest absolute Gasteiger partial charge is 0.138 e. The number of aliphatic hydroxyl groups is 1. The van der Waals surface area contributed by atoms with Crippen LogP contribution in [0.15, 0.2) is 29.0 Å². The number of hydrogen-bond donors (Lipinski definition) is 1. The minimum absolute atomic E-state index is 0.482. The van der Waals surface area contributed by atoms with E-state index >= 15 is 0 Å². The monoisotopic (exact) mass is 323 g/mol. The highest BCUT2D eigenvalue weighted by Crippen LogP contribution is 2.23. The summed E-state index contributed by atoms with van der Waals surface area (Å²) >= 11 is 3.45. The number of benzene rings is 1. The van der Waals surface area contributed by atoms with E-state index in [1.807, 2.05) is 29.8 Å².